The number of rotatable bonds is 20. The topological polar surface area (TPSA) is 302 Å². The molecule has 1 amide bonds. The van der Waals surface area contributed by atoms with Gasteiger partial charge in [0.2, 0.25) is 5.69 Å². The molecule has 2 aromatic rings. The molecule has 7 N–H and O–H groups in total. The number of nitrogens with zero attached hydrogens (tertiary/aromatic N) is 2. The second-order valence-electron chi connectivity index (χ2n) is 15.2. The lowest BCUT2D eigenvalue weighted by Crippen LogP contribution is -2.30. The van der Waals surface area contributed by atoms with Crippen molar-refractivity contribution in [3.63, 3.8) is 0 Å². The second-order valence-corrected chi connectivity index (χ2v) is 21.5. The number of benzene rings is 2. The van der Waals surface area contributed by atoms with E-state index >= 15 is 0 Å². The lowest BCUT2D eigenvalue weighted by atomic mass is 9.78. The Bertz CT molecular complexity index is 2550. The molecule has 4 rings (SSSR count). The number of nitrogens with one attached hydrogen (secondary N) is 2. The zero-order valence-electron chi connectivity index (χ0n) is 32.7. The Labute approximate surface area is 343 Å². The molecule has 0 fully saturated rings. The molecule has 0 spiro atoms. The molecule has 0 atom stereocenters. The number of carbonyl (C=O) groups excluding carboxylic acids is 1. The Hall–Kier alpha value is -4.07. The molecule has 0 aliphatic carbocycles. The first-order valence-corrected chi connectivity index (χ1v) is 24.6. The van der Waals surface area contributed by atoms with Gasteiger partial charge >= 0.3 is 5.97 Å². The van der Waals surface area contributed by atoms with Crippen LogP contribution in [0.4, 0.5) is 11.4 Å². The molecule has 2 aromatic carbocycles. The van der Waals surface area contributed by atoms with Crippen molar-refractivity contribution in [3.8, 4) is 0 Å². The fraction of sp³-hybridized carbons (Fsp3) is 0.472. The maximum absolute atomic E-state index is 13.4. The normalized spacial score (nSPS) is 17.2. The van der Waals surface area contributed by atoms with Gasteiger partial charge in [0.25, 0.3) is 46.4 Å². The summed E-state index contributed by atoms with van der Waals surface area (Å²) in [6.45, 7) is 6.79. The Kier molecular flexibility index (Phi) is 14.4. The molecule has 0 radical (unpaired) electrons. The molecule has 2 heterocycles. The van der Waals surface area contributed by atoms with Gasteiger partial charge in [0.05, 0.1) is 39.6 Å². The molecule has 326 valence electrons. The van der Waals surface area contributed by atoms with Crippen LogP contribution in [0.1, 0.15) is 77.9 Å². The lowest BCUT2D eigenvalue weighted by molar-refractivity contribution is -0.437. The molecule has 0 saturated carbocycles. The van der Waals surface area contributed by atoms with Crippen LogP contribution in [0.25, 0.3) is 0 Å². The summed E-state index contributed by atoms with van der Waals surface area (Å²) in [5.41, 5.74) is 1.95. The monoisotopic (exact) mass is 905 g/mol. The highest BCUT2D eigenvalue weighted by Gasteiger charge is 2.47. The van der Waals surface area contributed by atoms with E-state index in [1.165, 1.54) is 18.2 Å². The van der Waals surface area contributed by atoms with Crippen molar-refractivity contribution in [1.29, 1.82) is 0 Å². The lowest BCUT2D eigenvalue weighted by Gasteiger charge is -2.27. The summed E-state index contributed by atoms with van der Waals surface area (Å²) < 4.78 is 131. The van der Waals surface area contributed by atoms with Gasteiger partial charge in [0, 0.05) is 67.1 Å². The van der Waals surface area contributed by atoms with E-state index < -0.39 is 92.7 Å². The number of allylic oxidation sites excluding steroid dienone is 4. The van der Waals surface area contributed by atoms with Gasteiger partial charge in [0.15, 0.2) is 5.71 Å². The van der Waals surface area contributed by atoms with Crippen LogP contribution in [0.5, 0.6) is 0 Å². The summed E-state index contributed by atoms with van der Waals surface area (Å²) >= 11 is 0. The van der Waals surface area contributed by atoms with Crippen molar-refractivity contribution in [2.24, 2.45) is 0 Å². The Morgan fingerprint density at radius 2 is 1.37 bits per heavy atom. The summed E-state index contributed by atoms with van der Waals surface area (Å²) in [5.74, 6) is -4.43. The third-order valence-corrected chi connectivity index (χ3v) is 13.1. The van der Waals surface area contributed by atoms with Gasteiger partial charge in [-0.2, -0.15) is 38.2 Å². The molecular weight excluding hydrogens is 857 g/mol. The summed E-state index contributed by atoms with van der Waals surface area (Å²) in [7, 11) is -17.4. The van der Waals surface area contributed by atoms with Gasteiger partial charge in [-0.15, -0.1) is 0 Å². The van der Waals surface area contributed by atoms with Gasteiger partial charge in [-0.3, -0.25) is 23.0 Å². The van der Waals surface area contributed by atoms with Crippen molar-refractivity contribution in [2.45, 2.75) is 57.9 Å². The van der Waals surface area contributed by atoms with Crippen LogP contribution < -0.4 is 15.5 Å². The standard InChI is InChI=1S/C36H48N4O15S4/c1-35(2)29(11-6-12-30-36(3,4)32-26(34(42)43)9-5-10-27(32)39(30)15-7-17-56(44,45)46)40(16-8-18-57(47,48)49)28-22-24(33(41)38-14-20-59(53,54)55)21-25(31(28)35)23-37-13-19-58(50,51)52/h5-6,9-12,21-22,37H,7-8,13-20,23H2,1-4H3,(H5-,38,41,42,43,44,45,46,47,48,49,50,51,52,53,54,55)/p+1. The zero-order valence-corrected chi connectivity index (χ0v) is 36.0. The molecule has 19 nitrogen and oxygen atoms in total. The van der Waals surface area contributed by atoms with Crippen LogP contribution in [0.2, 0.25) is 0 Å². The first-order valence-electron chi connectivity index (χ1n) is 18.2. The number of carbonyl (C=O) groups is 2. The summed E-state index contributed by atoms with van der Waals surface area (Å²) in [6, 6.07) is 7.78. The maximum Gasteiger partial charge on any atom is 0.336 e. The van der Waals surface area contributed by atoms with E-state index in [0.29, 0.717) is 39.5 Å². The minimum Gasteiger partial charge on any atom is -0.478 e. The SMILES string of the molecule is CC1(C)C(=CC=CC2=[N+](CCCS(=O)(=O)O)c3cccc(C(=O)O)c3C2(C)C)N(CCCS(=O)(=O)O)c2cc(C(=O)NCCS(=O)(=O)O)cc(CNCCS(=O)(=O)O)c21. The third kappa shape index (κ3) is 12.3. The van der Waals surface area contributed by atoms with Crippen molar-refractivity contribution in [2.75, 3.05) is 54.1 Å². The highest BCUT2D eigenvalue weighted by atomic mass is 32.2. The van der Waals surface area contributed by atoms with Crippen molar-refractivity contribution in [3.05, 3.63) is 82.1 Å². The molecule has 0 saturated heterocycles. The fourth-order valence-electron chi connectivity index (χ4n) is 7.62. The number of hydrogen-bond donors (Lipinski definition) is 7. The van der Waals surface area contributed by atoms with Gasteiger partial charge in [0.1, 0.15) is 6.54 Å². The molecular formula is C36H49N4O15S4+. The number of carboxylic acids is 1. The van der Waals surface area contributed by atoms with Crippen LogP contribution in [0, 0.1) is 0 Å². The van der Waals surface area contributed by atoms with Crippen molar-refractivity contribution in [1.82, 2.24) is 10.6 Å². The van der Waals surface area contributed by atoms with E-state index in [4.69, 9.17) is 4.55 Å². The van der Waals surface area contributed by atoms with Crippen LogP contribution in [0.15, 0.2) is 54.3 Å². The summed E-state index contributed by atoms with van der Waals surface area (Å²) in [6.07, 6.45) is 5.07. The predicted octanol–water partition coefficient (Wildman–Crippen LogP) is 2.15. The highest BCUT2D eigenvalue weighted by molar-refractivity contribution is 7.86. The largest absolute Gasteiger partial charge is 0.478 e. The van der Waals surface area contributed by atoms with E-state index in [1.54, 1.807) is 39.8 Å². The average Bonchev–Trinajstić information content (AvgIpc) is 3.43. The number of amides is 1. The van der Waals surface area contributed by atoms with E-state index in [0.717, 1.165) is 0 Å². The molecule has 0 unspecified atom stereocenters. The summed E-state index contributed by atoms with van der Waals surface area (Å²) in [5, 5.41) is 15.4. The quantitative estimate of drug-likeness (QED) is 0.0569. The smallest absolute Gasteiger partial charge is 0.336 e. The van der Waals surface area contributed by atoms with Gasteiger partial charge in [-0.05, 0) is 55.7 Å². The van der Waals surface area contributed by atoms with E-state index in [1.807, 2.05) is 27.7 Å². The van der Waals surface area contributed by atoms with Gasteiger partial charge < -0.3 is 20.6 Å². The highest BCUT2D eigenvalue weighted by Crippen LogP contribution is 2.50. The molecule has 59 heavy (non-hydrogen) atoms. The first-order chi connectivity index (χ1) is 27.0. The van der Waals surface area contributed by atoms with Crippen LogP contribution >= 0.6 is 0 Å². The van der Waals surface area contributed by atoms with Crippen molar-refractivity contribution >= 4 is 69.4 Å². The van der Waals surface area contributed by atoms with E-state index in [-0.39, 0.29) is 50.1 Å². The Morgan fingerprint density at radius 3 is 1.97 bits per heavy atom. The van der Waals surface area contributed by atoms with E-state index in [2.05, 4.69) is 10.6 Å². The number of hydrogen-bond acceptors (Lipinski definition) is 12. The van der Waals surface area contributed by atoms with Crippen LogP contribution in [0.3, 0.4) is 0 Å². The van der Waals surface area contributed by atoms with Crippen LogP contribution in [-0.4, -0.2) is 128 Å². The Morgan fingerprint density at radius 1 is 0.780 bits per heavy atom. The molecule has 0 aromatic heterocycles. The number of carboxylic acid groups (broad SMARTS) is 1. The number of fused-ring (bicyclic) bond motifs is 2. The number of anilines is 1. The van der Waals surface area contributed by atoms with Gasteiger partial charge in [-0.25, -0.2) is 4.79 Å². The minimum atomic E-state index is -4.41. The molecule has 2 aliphatic rings. The van der Waals surface area contributed by atoms with Crippen molar-refractivity contribution < 1.29 is 71.2 Å². The number of aromatic carboxylic acids is 1. The molecule has 23 heteroatoms. The maximum atomic E-state index is 13.4. The molecule has 0 bridgehead atoms. The zero-order chi connectivity index (χ0) is 44.4. The fourth-order valence-corrected chi connectivity index (χ4v) is 9.37. The second kappa shape index (κ2) is 17.9. The van der Waals surface area contributed by atoms with Crippen LogP contribution in [-0.2, 0) is 57.8 Å². The predicted molar refractivity (Wildman–Crippen MR) is 219 cm³/mol. The first kappa shape index (κ1) is 47.6. The third-order valence-electron chi connectivity index (χ3n) is 10.0. The summed E-state index contributed by atoms with van der Waals surface area (Å²) in [4.78, 5) is 27.5. The Balaban J connectivity index is 1.88. The minimum absolute atomic E-state index is 0.000729. The average molecular weight is 906 g/mol. The van der Waals surface area contributed by atoms with E-state index in [9.17, 15) is 62.0 Å². The molecule has 2 aliphatic heterocycles. The van der Waals surface area contributed by atoms with Gasteiger partial charge in [-0.1, -0.05) is 26.0 Å².